The van der Waals surface area contributed by atoms with Crippen LogP contribution in [0.4, 0.5) is 5.82 Å². The van der Waals surface area contributed by atoms with Crippen molar-refractivity contribution in [2.45, 2.75) is 25.5 Å². The number of nitrogens with zero attached hydrogens (tertiary/aromatic N) is 3. The van der Waals surface area contributed by atoms with Crippen LogP contribution in [0.5, 0.6) is 0 Å². The highest BCUT2D eigenvalue weighted by atomic mass is 32.2. The molecule has 0 fully saturated rings. The fourth-order valence-electron chi connectivity index (χ4n) is 1.70. The molecule has 0 spiro atoms. The van der Waals surface area contributed by atoms with Gasteiger partial charge in [0.2, 0.25) is 0 Å². The molecule has 0 radical (unpaired) electrons. The number of nitrogens with one attached hydrogen (secondary N) is 1. The molecular formula is C12H18N4S. The van der Waals surface area contributed by atoms with Crippen molar-refractivity contribution in [2.75, 3.05) is 18.1 Å². The van der Waals surface area contributed by atoms with Crippen LogP contribution in [0.1, 0.15) is 18.9 Å². The van der Waals surface area contributed by atoms with E-state index in [0.29, 0.717) is 5.25 Å². The van der Waals surface area contributed by atoms with Crippen LogP contribution in [0.2, 0.25) is 0 Å². The standard InChI is InChI=1S/C12H18N4S/c1-9-6-11(13-5-4-10(2)17-3)16-12(7-9)14-8-15-16/h6-8,10,13H,4-5H2,1-3H3. The highest BCUT2D eigenvalue weighted by Crippen LogP contribution is 2.14. The second-order valence-electron chi connectivity index (χ2n) is 4.21. The number of rotatable bonds is 5. The number of aryl methyl sites for hydroxylation is 1. The number of fused-ring (bicyclic) bond motifs is 1. The van der Waals surface area contributed by atoms with Crippen LogP contribution >= 0.6 is 11.8 Å². The summed E-state index contributed by atoms with van der Waals surface area (Å²) in [5.74, 6) is 1.02. The predicted molar refractivity (Wildman–Crippen MR) is 73.8 cm³/mol. The van der Waals surface area contributed by atoms with Gasteiger partial charge in [0.15, 0.2) is 5.65 Å². The Morgan fingerprint density at radius 3 is 3.06 bits per heavy atom. The van der Waals surface area contributed by atoms with Crippen molar-refractivity contribution in [3.63, 3.8) is 0 Å². The molecule has 17 heavy (non-hydrogen) atoms. The average Bonchev–Trinajstić information content (AvgIpc) is 2.76. The normalized spacial score (nSPS) is 12.9. The molecule has 1 N–H and O–H groups in total. The predicted octanol–water partition coefficient (Wildman–Crippen LogP) is 2.59. The first-order valence-corrected chi connectivity index (χ1v) is 7.06. The molecule has 2 aromatic rings. The Hall–Kier alpha value is -1.23. The molecule has 2 aromatic heterocycles. The van der Waals surface area contributed by atoms with Gasteiger partial charge in [-0.25, -0.2) is 4.98 Å². The first kappa shape index (κ1) is 12.2. The third kappa shape index (κ3) is 2.91. The average molecular weight is 250 g/mol. The minimum absolute atomic E-state index is 0.679. The smallest absolute Gasteiger partial charge is 0.157 e. The second-order valence-corrected chi connectivity index (χ2v) is 5.49. The van der Waals surface area contributed by atoms with E-state index in [-0.39, 0.29) is 0 Å². The van der Waals surface area contributed by atoms with E-state index < -0.39 is 0 Å². The Labute approximate surface area is 106 Å². The molecule has 0 aliphatic carbocycles. The lowest BCUT2D eigenvalue weighted by Crippen LogP contribution is -2.10. The van der Waals surface area contributed by atoms with Crippen molar-refractivity contribution >= 4 is 23.2 Å². The molecule has 2 heterocycles. The molecule has 1 atom stereocenters. The SMILES string of the molecule is CSC(C)CCNc1cc(C)cc2ncnn12. The van der Waals surface area contributed by atoms with Crippen molar-refractivity contribution in [2.24, 2.45) is 0 Å². The number of hydrogen-bond acceptors (Lipinski definition) is 4. The number of aromatic nitrogens is 3. The monoisotopic (exact) mass is 250 g/mol. The highest BCUT2D eigenvalue weighted by molar-refractivity contribution is 7.99. The number of pyridine rings is 1. The Morgan fingerprint density at radius 2 is 2.29 bits per heavy atom. The van der Waals surface area contributed by atoms with Crippen molar-refractivity contribution in [1.82, 2.24) is 14.6 Å². The zero-order valence-corrected chi connectivity index (χ0v) is 11.3. The molecule has 0 aromatic carbocycles. The number of thioether (sulfide) groups is 1. The van der Waals surface area contributed by atoms with Crippen LogP contribution in [0, 0.1) is 6.92 Å². The van der Waals surface area contributed by atoms with Crippen LogP contribution < -0.4 is 5.32 Å². The van der Waals surface area contributed by atoms with Gasteiger partial charge in [-0.05, 0) is 37.3 Å². The number of anilines is 1. The molecule has 4 nitrogen and oxygen atoms in total. The Kier molecular flexibility index (Phi) is 3.89. The topological polar surface area (TPSA) is 42.2 Å². The third-order valence-electron chi connectivity index (χ3n) is 2.78. The zero-order chi connectivity index (χ0) is 12.3. The highest BCUT2D eigenvalue weighted by Gasteiger charge is 2.04. The van der Waals surface area contributed by atoms with Gasteiger partial charge in [-0.2, -0.15) is 21.4 Å². The lowest BCUT2D eigenvalue weighted by Gasteiger charge is -2.11. The van der Waals surface area contributed by atoms with E-state index in [1.54, 1.807) is 6.33 Å². The van der Waals surface area contributed by atoms with Crippen LogP contribution in [0.3, 0.4) is 0 Å². The molecule has 92 valence electrons. The van der Waals surface area contributed by atoms with E-state index in [9.17, 15) is 0 Å². The first-order valence-electron chi connectivity index (χ1n) is 5.78. The lowest BCUT2D eigenvalue weighted by atomic mass is 10.3. The summed E-state index contributed by atoms with van der Waals surface area (Å²) in [4.78, 5) is 4.21. The maximum atomic E-state index is 4.22. The minimum atomic E-state index is 0.679. The van der Waals surface area contributed by atoms with Gasteiger partial charge in [0.25, 0.3) is 0 Å². The largest absolute Gasteiger partial charge is 0.370 e. The molecule has 5 heteroatoms. The van der Waals surface area contributed by atoms with Crippen molar-refractivity contribution < 1.29 is 0 Å². The van der Waals surface area contributed by atoms with Gasteiger partial charge < -0.3 is 5.32 Å². The summed E-state index contributed by atoms with van der Waals surface area (Å²) in [7, 11) is 0. The lowest BCUT2D eigenvalue weighted by molar-refractivity contribution is 0.838. The summed E-state index contributed by atoms with van der Waals surface area (Å²) in [6, 6.07) is 4.13. The van der Waals surface area contributed by atoms with E-state index in [1.807, 2.05) is 22.3 Å². The van der Waals surface area contributed by atoms with Crippen LogP contribution in [0.15, 0.2) is 18.5 Å². The maximum Gasteiger partial charge on any atom is 0.157 e. The minimum Gasteiger partial charge on any atom is -0.370 e. The molecule has 0 saturated heterocycles. The molecule has 0 aliphatic rings. The summed E-state index contributed by atoms with van der Waals surface area (Å²) < 4.78 is 1.84. The second kappa shape index (κ2) is 5.40. The van der Waals surface area contributed by atoms with Crippen LogP contribution in [-0.4, -0.2) is 32.6 Å². The Bertz CT molecular complexity index is 494. The third-order valence-corrected chi connectivity index (χ3v) is 3.82. The van der Waals surface area contributed by atoms with Crippen LogP contribution in [0.25, 0.3) is 5.65 Å². The molecule has 0 aliphatic heterocycles. The summed E-state index contributed by atoms with van der Waals surface area (Å²) in [5, 5.41) is 8.32. The van der Waals surface area contributed by atoms with E-state index in [2.05, 4.69) is 41.6 Å². The summed E-state index contributed by atoms with van der Waals surface area (Å²) >= 11 is 1.89. The summed E-state index contributed by atoms with van der Waals surface area (Å²) in [6.45, 7) is 5.28. The Morgan fingerprint density at radius 1 is 1.47 bits per heavy atom. The van der Waals surface area contributed by atoms with Gasteiger partial charge in [0.05, 0.1) is 0 Å². The van der Waals surface area contributed by atoms with Crippen molar-refractivity contribution in [3.8, 4) is 0 Å². The molecule has 0 amide bonds. The van der Waals surface area contributed by atoms with Gasteiger partial charge in [-0.1, -0.05) is 6.92 Å². The van der Waals surface area contributed by atoms with Gasteiger partial charge in [-0.15, -0.1) is 0 Å². The molecule has 1 unspecified atom stereocenters. The maximum absolute atomic E-state index is 4.22. The van der Waals surface area contributed by atoms with Crippen LogP contribution in [-0.2, 0) is 0 Å². The quantitative estimate of drug-likeness (QED) is 0.885. The van der Waals surface area contributed by atoms with E-state index >= 15 is 0 Å². The number of hydrogen-bond donors (Lipinski definition) is 1. The fraction of sp³-hybridized carbons (Fsp3) is 0.500. The summed E-state index contributed by atoms with van der Waals surface area (Å²) in [5.41, 5.74) is 2.09. The molecule has 0 bridgehead atoms. The molecule has 0 saturated carbocycles. The van der Waals surface area contributed by atoms with E-state index in [4.69, 9.17) is 0 Å². The molecule has 2 rings (SSSR count). The van der Waals surface area contributed by atoms with Crippen molar-refractivity contribution in [1.29, 1.82) is 0 Å². The van der Waals surface area contributed by atoms with E-state index in [0.717, 1.165) is 24.4 Å². The first-order chi connectivity index (χ1) is 8.20. The van der Waals surface area contributed by atoms with Crippen molar-refractivity contribution in [3.05, 3.63) is 24.0 Å². The molecular weight excluding hydrogens is 232 g/mol. The van der Waals surface area contributed by atoms with Gasteiger partial charge >= 0.3 is 0 Å². The fourth-order valence-corrected chi connectivity index (χ4v) is 2.06. The van der Waals surface area contributed by atoms with E-state index in [1.165, 1.54) is 5.56 Å². The zero-order valence-electron chi connectivity index (χ0n) is 10.5. The van der Waals surface area contributed by atoms with Gasteiger partial charge in [0.1, 0.15) is 12.1 Å². The summed E-state index contributed by atoms with van der Waals surface area (Å²) in [6.07, 6.45) is 4.88. The van der Waals surface area contributed by atoms with Gasteiger partial charge in [-0.3, -0.25) is 0 Å². The Balaban J connectivity index is 2.09. The van der Waals surface area contributed by atoms with Gasteiger partial charge in [0, 0.05) is 11.8 Å².